The SMILES string of the molecule is O=C(O)c1[nH]cnc1-c1c[nH]c2ccccc12. The van der Waals surface area contributed by atoms with Crippen LogP contribution in [0.4, 0.5) is 0 Å². The highest BCUT2D eigenvalue weighted by Crippen LogP contribution is 2.28. The van der Waals surface area contributed by atoms with Gasteiger partial charge in [0.2, 0.25) is 0 Å². The molecule has 84 valence electrons. The fourth-order valence-electron chi connectivity index (χ4n) is 1.93. The fraction of sp³-hybridized carbons (Fsp3) is 0. The topological polar surface area (TPSA) is 81.8 Å². The van der Waals surface area contributed by atoms with E-state index in [2.05, 4.69) is 15.0 Å². The van der Waals surface area contributed by atoms with Crippen LogP contribution >= 0.6 is 0 Å². The van der Waals surface area contributed by atoms with E-state index in [9.17, 15) is 4.79 Å². The first-order chi connectivity index (χ1) is 8.27. The van der Waals surface area contributed by atoms with E-state index in [0.29, 0.717) is 5.69 Å². The number of carboxylic acids is 1. The van der Waals surface area contributed by atoms with Crippen molar-refractivity contribution >= 4 is 16.9 Å². The van der Waals surface area contributed by atoms with E-state index in [1.54, 1.807) is 6.20 Å². The molecule has 0 amide bonds. The molecule has 3 aromatic rings. The van der Waals surface area contributed by atoms with E-state index in [4.69, 9.17) is 5.11 Å². The number of para-hydroxylation sites is 1. The number of imidazole rings is 1. The summed E-state index contributed by atoms with van der Waals surface area (Å²) in [4.78, 5) is 20.8. The minimum Gasteiger partial charge on any atom is -0.477 e. The largest absolute Gasteiger partial charge is 0.477 e. The molecule has 0 bridgehead atoms. The number of aromatic carboxylic acids is 1. The molecule has 0 unspecified atom stereocenters. The van der Waals surface area contributed by atoms with Crippen LogP contribution in [0.2, 0.25) is 0 Å². The zero-order valence-corrected chi connectivity index (χ0v) is 8.77. The predicted octanol–water partition coefficient (Wildman–Crippen LogP) is 2.26. The number of fused-ring (bicyclic) bond motifs is 1. The molecular formula is C12H9N3O2. The van der Waals surface area contributed by atoms with Crippen LogP contribution in [0.25, 0.3) is 22.2 Å². The molecule has 0 aliphatic carbocycles. The lowest BCUT2D eigenvalue weighted by Gasteiger charge is -1.96. The lowest BCUT2D eigenvalue weighted by atomic mass is 10.1. The van der Waals surface area contributed by atoms with Crippen molar-refractivity contribution in [2.24, 2.45) is 0 Å². The van der Waals surface area contributed by atoms with Crippen molar-refractivity contribution in [3.8, 4) is 11.3 Å². The molecule has 2 heterocycles. The molecule has 2 aromatic heterocycles. The van der Waals surface area contributed by atoms with Crippen molar-refractivity contribution in [3.63, 3.8) is 0 Å². The highest BCUT2D eigenvalue weighted by atomic mass is 16.4. The van der Waals surface area contributed by atoms with Crippen LogP contribution in [-0.4, -0.2) is 26.0 Å². The van der Waals surface area contributed by atoms with Crippen molar-refractivity contribution in [1.82, 2.24) is 15.0 Å². The van der Waals surface area contributed by atoms with Crippen LogP contribution in [0.15, 0.2) is 36.8 Å². The summed E-state index contributed by atoms with van der Waals surface area (Å²) in [6.45, 7) is 0. The zero-order chi connectivity index (χ0) is 11.8. The third-order valence-corrected chi connectivity index (χ3v) is 2.70. The van der Waals surface area contributed by atoms with Gasteiger partial charge >= 0.3 is 5.97 Å². The molecule has 0 saturated carbocycles. The van der Waals surface area contributed by atoms with Crippen LogP contribution in [-0.2, 0) is 0 Å². The summed E-state index contributed by atoms with van der Waals surface area (Å²) in [5.41, 5.74) is 2.31. The number of aromatic nitrogens is 3. The summed E-state index contributed by atoms with van der Waals surface area (Å²) in [7, 11) is 0. The first-order valence-corrected chi connectivity index (χ1v) is 5.10. The standard InChI is InChI=1S/C12H9N3O2/c16-12(17)11-10(14-6-15-11)8-5-13-9-4-2-1-3-7(8)9/h1-6,13H,(H,14,15)(H,16,17). The number of rotatable bonds is 2. The van der Waals surface area contributed by atoms with E-state index < -0.39 is 5.97 Å². The maximum absolute atomic E-state index is 11.0. The van der Waals surface area contributed by atoms with Gasteiger partial charge in [-0.1, -0.05) is 18.2 Å². The number of nitrogens with one attached hydrogen (secondary N) is 2. The monoisotopic (exact) mass is 227 g/mol. The normalized spacial score (nSPS) is 10.8. The van der Waals surface area contributed by atoms with Crippen molar-refractivity contribution in [3.05, 3.63) is 42.5 Å². The third-order valence-electron chi connectivity index (χ3n) is 2.70. The molecule has 17 heavy (non-hydrogen) atoms. The summed E-state index contributed by atoms with van der Waals surface area (Å²) >= 11 is 0. The number of H-pyrrole nitrogens is 2. The molecule has 0 aliphatic rings. The molecule has 1 aromatic carbocycles. The van der Waals surface area contributed by atoms with Gasteiger partial charge in [-0.25, -0.2) is 9.78 Å². The molecular weight excluding hydrogens is 218 g/mol. The van der Waals surface area contributed by atoms with Gasteiger partial charge in [-0.2, -0.15) is 0 Å². The number of carbonyl (C=O) groups is 1. The lowest BCUT2D eigenvalue weighted by molar-refractivity contribution is 0.0692. The van der Waals surface area contributed by atoms with Gasteiger partial charge < -0.3 is 15.1 Å². The van der Waals surface area contributed by atoms with Gasteiger partial charge in [0, 0.05) is 22.7 Å². The Balaban J connectivity index is 2.28. The Labute approximate surface area is 96.1 Å². The number of hydrogen-bond acceptors (Lipinski definition) is 2. The molecule has 3 rings (SSSR count). The van der Waals surface area contributed by atoms with Crippen LogP contribution in [0.1, 0.15) is 10.5 Å². The molecule has 0 fully saturated rings. The Morgan fingerprint density at radius 3 is 2.88 bits per heavy atom. The number of carboxylic acid groups (broad SMARTS) is 1. The van der Waals surface area contributed by atoms with E-state index in [-0.39, 0.29) is 5.69 Å². The Morgan fingerprint density at radius 1 is 1.24 bits per heavy atom. The van der Waals surface area contributed by atoms with Gasteiger partial charge in [0.15, 0.2) is 5.69 Å². The molecule has 5 heteroatoms. The molecule has 0 atom stereocenters. The summed E-state index contributed by atoms with van der Waals surface area (Å²) in [5, 5.41) is 10.0. The molecule has 0 saturated heterocycles. The summed E-state index contributed by atoms with van der Waals surface area (Å²) in [6.07, 6.45) is 3.16. The second kappa shape index (κ2) is 3.48. The van der Waals surface area contributed by atoms with Crippen LogP contribution in [0.3, 0.4) is 0 Å². The van der Waals surface area contributed by atoms with E-state index in [0.717, 1.165) is 16.5 Å². The average Bonchev–Trinajstić information content (AvgIpc) is 2.94. The minimum absolute atomic E-state index is 0.106. The number of benzene rings is 1. The van der Waals surface area contributed by atoms with Gasteiger partial charge in [-0.15, -0.1) is 0 Å². The first kappa shape index (κ1) is 9.65. The van der Waals surface area contributed by atoms with Gasteiger partial charge in [0.25, 0.3) is 0 Å². The van der Waals surface area contributed by atoms with Gasteiger partial charge in [-0.3, -0.25) is 0 Å². The van der Waals surface area contributed by atoms with Crippen molar-refractivity contribution in [2.75, 3.05) is 0 Å². The molecule has 0 aliphatic heterocycles. The highest BCUT2D eigenvalue weighted by Gasteiger charge is 2.17. The quantitative estimate of drug-likeness (QED) is 0.628. The Bertz CT molecular complexity index is 696. The van der Waals surface area contributed by atoms with E-state index >= 15 is 0 Å². The Kier molecular flexibility index (Phi) is 1.98. The van der Waals surface area contributed by atoms with Gasteiger partial charge in [-0.05, 0) is 6.07 Å². The molecule has 0 spiro atoms. The second-order valence-corrected chi connectivity index (χ2v) is 3.68. The van der Waals surface area contributed by atoms with Gasteiger partial charge in [0.1, 0.15) is 5.69 Å². The predicted molar refractivity (Wildman–Crippen MR) is 62.8 cm³/mol. The summed E-state index contributed by atoms with van der Waals surface area (Å²) < 4.78 is 0. The van der Waals surface area contributed by atoms with Crippen molar-refractivity contribution < 1.29 is 9.90 Å². The maximum Gasteiger partial charge on any atom is 0.354 e. The Morgan fingerprint density at radius 2 is 2.06 bits per heavy atom. The van der Waals surface area contributed by atoms with E-state index in [1.807, 2.05) is 24.3 Å². The molecule has 3 N–H and O–H groups in total. The zero-order valence-electron chi connectivity index (χ0n) is 8.77. The smallest absolute Gasteiger partial charge is 0.354 e. The van der Waals surface area contributed by atoms with Crippen LogP contribution in [0.5, 0.6) is 0 Å². The maximum atomic E-state index is 11.0. The molecule has 0 radical (unpaired) electrons. The second-order valence-electron chi connectivity index (χ2n) is 3.68. The lowest BCUT2D eigenvalue weighted by Crippen LogP contribution is -1.98. The highest BCUT2D eigenvalue weighted by molar-refractivity contribution is 6.00. The van der Waals surface area contributed by atoms with Crippen LogP contribution < -0.4 is 0 Å². The summed E-state index contributed by atoms with van der Waals surface area (Å²) in [5.74, 6) is -1.01. The number of hydrogen-bond donors (Lipinski definition) is 3. The average molecular weight is 227 g/mol. The van der Waals surface area contributed by atoms with Gasteiger partial charge in [0.05, 0.1) is 6.33 Å². The molecule has 5 nitrogen and oxygen atoms in total. The van der Waals surface area contributed by atoms with Crippen molar-refractivity contribution in [2.45, 2.75) is 0 Å². The van der Waals surface area contributed by atoms with Crippen molar-refractivity contribution in [1.29, 1.82) is 0 Å². The number of nitrogens with zero attached hydrogens (tertiary/aromatic N) is 1. The summed E-state index contributed by atoms with van der Waals surface area (Å²) in [6, 6.07) is 7.70. The number of aromatic amines is 2. The van der Waals surface area contributed by atoms with Crippen LogP contribution in [0, 0.1) is 0 Å². The first-order valence-electron chi connectivity index (χ1n) is 5.10. The van der Waals surface area contributed by atoms with E-state index in [1.165, 1.54) is 6.33 Å². The fourth-order valence-corrected chi connectivity index (χ4v) is 1.93. The Hall–Kier alpha value is -2.56. The third kappa shape index (κ3) is 1.40. The minimum atomic E-state index is -1.01.